The summed E-state index contributed by atoms with van der Waals surface area (Å²) in [7, 11) is 0. The van der Waals surface area contributed by atoms with E-state index in [-0.39, 0.29) is 25.0 Å². The number of amides is 2. The zero-order valence-corrected chi connectivity index (χ0v) is 20.3. The van der Waals surface area contributed by atoms with Gasteiger partial charge in [-0.1, -0.05) is 12.1 Å². The lowest BCUT2D eigenvalue weighted by molar-refractivity contribution is -0.0205. The summed E-state index contributed by atoms with van der Waals surface area (Å²) in [4.78, 5) is 25.7. The van der Waals surface area contributed by atoms with E-state index < -0.39 is 0 Å². The number of nitrogens with zero attached hydrogens (tertiary/aromatic N) is 1. The predicted molar refractivity (Wildman–Crippen MR) is 127 cm³/mol. The highest BCUT2D eigenvalue weighted by Gasteiger charge is 2.34. The lowest BCUT2D eigenvalue weighted by atomic mass is 10.1. The average molecular weight is 499 g/mol. The van der Waals surface area contributed by atoms with Crippen LogP contribution >= 0.6 is 0 Å². The van der Waals surface area contributed by atoms with Crippen LogP contribution in [0, 0.1) is 0 Å². The van der Waals surface area contributed by atoms with E-state index in [1.165, 1.54) is 4.90 Å². The summed E-state index contributed by atoms with van der Waals surface area (Å²) >= 11 is 0. The molecule has 1 heterocycles. The quantitative estimate of drug-likeness (QED) is 0.167. The molecular formula is C24H38N2O9. The summed E-state index contributed by atoms with van der Waals surface area (Å²) in [6.07, 6.45) is 0. The van der Waals surface area contributed by atoms with Crippen molar-refractivity contribution >= 4 is 11.8 Å². The largest absolute Gasteiger partial charge is 0.378 e. The smallest absolute Gasteiger partial charge is 0.261 e. The molecule has 0 radical (unpaired) electrons. The first-order chi connectivity index (χ1) is 17.3. The van der Waals surface area contributed by atoms with Crippen LogP contribution in [0.5, 0.6) is 0 Å². The maximum Gasteiger partial charge on any atom is 0.261 e. The van der Waals surface area contributed by atoms with Crippen LogP contribution in [0.2, 0.25) is 0 Å². The number of nitrogens with two attached hydrogens (primary N) is 1. The summed E-state index contributed by atoms with van der Waals surface area (Å²) in [6.45, 7) is 7.32. The van der Waals surface area contributed by atoms with Crippen LogP contribution in [0.25, 0.3) is 0 Å². The van der Waals surface area contributed by atoms with Crippen molar-refractivity contribution in [2.45, 2.75) is 0 Å². The van der Waals surface area contributed by atoms with E-state index in [1.807, 2.05) is 0 Å². The number of hydrogen-bond donors (Lipinski definition) is 1. The molecule has 0 saturated carbocycles. The van der Waals surface area contributed by atoms with E-state index in [2.05, 4.69) is 0 Å². The highest BCUT2D eigenvalue weighted by atomic mass is 16.6. The van der Waals surface area contributed by atoms with Crippen molar-refractivity contribution in [2.75, 3.05) is 106 Å². The van der Waals surface area contributed by atoms with Crippen molar-refractivity contribution in [1.82, 2.24) is 4.90 Å². The third kappa shape index (κ3) is 12.0. The molecule has 0 aromatic heterocycles. The maximum absolute atomic E-state index is 12.2. The lowest BCUT2D eigenvalue weighted by Crippen LogP contribution is -2.33. The minimum Gasteiger partial charge on any atom is -0.378 e. The van der Waals surface area contributed by atoms with Gasteiger partial charge in [-0.05, 0) is 12.1 Å². The molecule has 0 fully saturated rings. The van der Waals surface area contributed by atoms with Gasteiger partial charge in [-0.3, -0.25) is 14.5 Å². The van der Waals surface area contributed by atoms with Crippen LogP contribution in [0.1, 0.15) is 20.7 Å². The van der Waals surface area contributed by atoms with Gasteiger partial charge in [0.05, 0.1) is 110 Å². The number of hydrogen-bond acceptors (Lipinski definition) is 10. The van der Waals surface area contributed by atoms with E-state index >= 15 is 0 Å². The molecule has 35 heavy (non-hydrogen) atoms. The Hall–Kier alpha value is -1.96. The molecule has 0 saturated heterocycles. The molecular weight excluding hydrogens is 460 g/mol. The van der Waals surface area contributed by atoms with E-state index in [4.69, 9.17) is 38.9 Å². The van der Waals surface area contributed by atoms with Crippen molar-refractivity contribution < 1.29 is 42.7 Å². The van der Waals surface area contributed by atoms with Gasteiger partial charge in [-0.25, -0.2) is 0 Å². The van der Waals surface area contributed by atoms with Gasteiger partial charge in [0.1, 0.15) is 0 Å². The Kier molecular flexibility index (Phi) is 16.1. The third-order valence-corrected chi connectivity index (χ3v) is 4.83. The van der Waals surface area contributed by atoms with Crippen molar-refractivity contribution in [3.63, 3.8) is 0 Å². The number of benzene rings is 1. The molecule has 2 N–H and O–H groups in total. The standard InChI is InChI=1S/C24H38N2O9/c25-5-7-29-9-11-31-13-15-33-17-19-35-20-18-34-16-14-32-12-10-30-8-6-26-23(27)21-3-1-2-4-22(21)24(26)28/h1-4H,5-20,25H2. The summed E-state index contributed by atoms with van der Waals surface area (Å²) in [5.41, 5.74) is 6.21. The molecule has 1 aromatic rings. The molecule has 1 aliphatic rings. The van der Waals surface area contributed by atoms with Gasteiger partial charge < -0.3 is 38.9 Å². The Balaban J connectivity index is 1.27. The Morgan fingerprint density at radius 2 is 0.829 bits per heavy atom. The molecule has 1 aliphatic heterocycles. The highest BCUT2D eigenvalue weighted by molar-refractivity contribution is 6.21. The number of rotatable bonds is 23. The molecule has 2 rings (SSSR count). The second-order valence-corrected chi connectivity index (χ2v) is 7.38. The van der Waals surface area contributed by atoms with Gasteiger partial charge in [-0.15, -0.1) is 0 Å². The molecule has 11 nitrogen and oxygen atoms in total. The maximum atomic E-state index is 12.2. The number of fused-ring (bicyclic) bond motifs is 1. The molecule has 11 heteroatoms. The fourth-order valence-electron chi connectivity index (χ4n) is 3.10. The molecule has 1 aromatic carbocycles. The van der Waals surface area contributed by atoms with Gasteiger partial charge in [0, 0.05) is 6.54 Å². The Labute approximate surface area is 206 Å². The van der Waals surface area contributed by atoms with Crippen molar-refractivity contribution in [3.05, 3.63) is 35.4 Å². The third-order valence-electron chi connectivity index (χ3n) is 4.83. The molecule has 0 spiro atoms. The summed E-state index contributed by atoms with van der Waals surface area (Å²) < 4.78 is 37.7. The molecule has 198 valence electrons. The molecule has 0 bridgehead atoms. The number of carbonyl (C=O) groups excluding carboxylic acids is 2. The minimum atomic E-state index is -0.273. The minimum absolute atomic E-state index is 0.222. The zero-order chi connectivity index (χ0) is 25.0. The van der Waals surface area contributed by atoms with Gasteiger partial charge in [-0.2, -0.15) is 0 Å². The first-order valence-electron chi connectivity index (χ1n) is 11.9. The van der Waals surface area contributed by atoms with E-state index in [1.54, 1.807) is 24.3 Å². The first-order valence-corrected chi connectivity index (χ1v) is 11.9. The summed E-state index contributed by atoms with van der Waals surface area (Å²) in [5, 5.41) is 0. The van der Waals surface area contributed by atoms with Gasteiger partial charge >= 0.3 is 0 Å². The lowest BCUT2D eigenvalue weighted by Gasteiger charge is -2.13. The molecule has 0 atom stereocenters. The van der Waals surface area contributed by atoms with Crippen LogP contribution in [0.3, 0.4) is 0 Å². The average Bonchev–Trinajstić information content (AvgIpc) is 3.12. The van der Waals surface area contributed by atoms with E-state index in [9.17, 15) is 9.59 Å². The monoisotopic (exact) mass is 498 g/mol. The zero-order valence-electron chi connectivity index (χ0n) is 20.3. The van der Waals surface area contributed by atoms with Gasteiger partial charge in [0.15, 0.2) is 0 Å². The Bertz CT molecular complexity index is 685. The van der Waals surface area contributed by atoms with Crippen LogP contribution in [-0.4, -0.2) is 122 Å². The molecule has 2 amide bonds. The van der Waals surface area contributed by atoms with E-state index in [0.29, 0.717) is 104 Å². The SMILES string of the molecule is NCCOCCOCCOCCOCCOCCOCCOCCN1C(=O)c2ccccc2C1=O. The number of carbonyl (C=O) groups is 2. The Morgan fingerprint density at radius 1 is 0.514 bits per heavy atom. The van der Waals surface area contributed by atoms with Gasteiger partial charge in [0.25, 0.3) is 11.8 Å². The van der Waals surface area contributed by atoms with Crippen LogP contribution in [0.15, 0.2) is 24.3 Å². The van der Waals surface area contributed by atoms with Crippen LogP contribution in [0.4, 0.5) is 0 Å². The van der Waals surface area contributed by atoms with Gasteiger partial charge in [0.2, 0.25) is 0 Å². The van der Waals surface area contributed by atoms with Crippen molar-refractivity contribution in [2.24, 2.45) is 5.73 Å². The second-order valence-electron chi connectivity index (χ2n) is 7.38. The summed E-state index contributed by atoms with van der Waals surface area (Å²) in [6, 6.07) is 6.82. The fraction of sp³-hybridized carbons (Fsp3) is 0.667. The van der Waals surface area contributed by atoms with Crippen LogP contribution < -0.4 is 5.73 Å². The fourth-order valence-corrected chi connectivity index (χ4v) is 3.10. The topological polar surface area (TPSA) is 128 Å². The van der Waals surface area contributed by atoms with Crippen LogP contribution in [-0.2, 0) is 33.2 Å². The number of ether oxygens (including phenoxy) is 7. The highest BCUT2D eigenvalue weighted by Crippen LogP contribution is 2.21. The van der Waals surface area contributed by atoms with Crippen molar-refractivity contribution in [3.8, 4) is 0 Å². The normalized spacial score (nSPS) is 13.1. The van der Waals surface area contributed by atoms with E-state index in [0.717, 1.165) is 0 Å². The molecule has 0 aliphatic carbocycles. The molecule has 0 unspecified atom stereocenters. The van der Waals surface area contributed by atoms with Crippen molar-refractivity contribution in [1.29, 1.82) is 0 Å². The summed E-state index contributed by atoms with van der Waals surface area (Å²) in [5.74, 6) is -0.546. The predicted octanol–water partition coefficient (Wildman–Crippen LogP) is 0.358. The first kappa shape index (κ1) is 29.3. The second kappa shape index (κ2) is 19.3. The number of imide groups is 1. The Morgan fingerprint density at radius 3 is 1.17 bits per heavy atom.